The van der Waals surface area contributed by atoms with Gasteiger partial charge in [-0.25, -0.2) is 4.79 Å². The molecule has 0 spiro atoms. The van der Waals surface area contributed by atoms with E-state index in [-0.39, 0.29) is 45.1 Å². The zero-order chi connectivity index (χ0) is 51.0. The number of likely N-dealkylation sites (tertiary alicyclic amines) is 1. The highest BCUT2D eigenvalue weighted by molar-refractivity contribution is 7.98. The molecule has 1 fully saturated rings. The molecule has 1 rings (SSSR count). The maximum absolute atomic E-state index is 14.1. The summed E-state index contributed by atoms with van der Waals surface area (Å²) in [6.45, 7) is 7.56. The number of aliphatic carboxylic acids is 2. The van der Waals surface area contributed by atoms with Crippen LogP contribution in [0.2, 0.25) is 0 Å². The number of hydrogen-bond acceptors (Lipinski definition) is 15. The van der Waals surface area contributed by atoms with Crippen molar-refractivity contribution in [3.8, 4) is 0 Å². The largest absolute Gasteiger partial charge is 0.481 e. The van der Waals surface area contributed by atoms with Gasteiger partial charge < -0.3 is 68.9 Å². The summed E-state index contributed by atoms with van der Waals surface area (Å²) in [6, 6.07) is -11.0. The van der Waals surface area contributed by atoms with Crippen molar-refractivity contribution < 1.29 is 63.3 Å². The predicted molar refractivity (Wildman–Crippen MR) is 252 cm³/mol. The average Bonchev–Trinajstić information content (AvgIpc) is 3.77. The second kappa shape index (κ2) is 31.3. The van der Waals surface area contributed by atoms with Gasteiger partial charge >= 0.3 is 11.9 Å². The van der Waals surface area contributed by atoms with Crippen molar-refractivity contribution in [2.45, 2.75) is 147 Å². The predicted octanol–water partition coefficient (Wildman–Crippen LogP) is -2.39. The Hall–Kier alpha value is -4.72. The van der Waals surface area contributed by atoms with Gasteiger partial charge in [0, 0.05) is 13.0 Å². The molecule has 14 N–H and O–H groups in total. The molecule has 67 heavy (non-hydrogen) atoms. The van der Waals surface area contributed by atoms with E-state index in [1.807, 2.05) is 6.26 Å². The lowest BCUT2D eigenvalue weighted by atomic mass is 10.0. The van der Waals surface area contributed by atoms with E-state index in [4.69, 9.17) is 16.6 Å². The molecule has 382 valence electrons. The topological polar surface area (TPSA) is 371 Å². The molecule has 1 aliphatic rings. The Balaban J connectivity index is 3.14. The number of nitrogens with zero attached hydrogens (tertiary/aromatic N) is 1. The molecule has 0 aromatic heterocycles. The normalized spacial score (nSPS) is 17.1. The number of rotatable bonds is 32. The minimum absolute atomic E-state index is 0.0822. The molecule has 23 nitrogen and oxygen atoms in total. The van der Waals surface area contributed by atoms with Gasteiger partial charge in [-0.05, 0) is 101 Å². The number of carboxylic acid groups (broad SMARTS) is 2. The number of carbonyl (C=O) groups excluding carboxylic acids is 8. The number of aliphatic hydroxyl groups is 1. The van der Waals surface area contributed by atoms with Crippen LogP contribution in [0.1, 0.15) is 92.4 Å². The minimum atomic E-state index is -1.59. The van der Waals surface area contributed by atoms with Crippen LogP contribution in [-0.2, 0) is 47.9 Å². The van der Waals surface area contributed by atoms with Gasteiger partial charge in [0.1, 0.15) is 48.3 Å². The summed E-state index contributed by atoms with van der Waals surface area (Å²) in [5.41, 5.74) is 11.3. The first kappa shape index (κ1) is 60.3. The highest BCUT2D eigenvalue weighted by atomic mass is 32.2. The van der Waals surface area contributed by atoms with Gasteiger partial charge in [0.15, 0.2) is 0 Å². The molecule has 0 unspecified atom stereocenters. The first-order valence-electron chi connectivity index (χ1n) is 22.5. The SMILES string of the molecule is CSCC[C@H](NC(=O)[C@H](CO)NC(=O)[C@@H](NC(=O)[C@@H]1CCCN1C(=O)[C@H](CCSC)NC(=O)[C@@H](NC(=O)[C@@H](N)CCC(=O)O)C(C)C)C(C)C)C(=O)N[C@@H](C)C(=O)N[C@@H](CCCCN)C(=O)O. The highest BCUT2D eigenvalue weighted by Gasteiger charge is 2.41. The molecule has 0 radical (unpaired) electrons. The van der Waals surface area contributed by atoms with E-state index in [1.54, 1.807) is 34.0 Å². The molecule has 0 bridgehead atoms. The first-order chi connectivity index (χ1) is 31.5. The number of carboxylic acids is 2. The maximum Gasteiger partial charge on any atom is 0.326 e. The van der Waals surface area contributed by atoms with E-state index in [0.29, 0.717) is 37.3 Å². The Morgan fingerprint density at radius 2 is 1.15 bits per heavy atom. The lowest BCUT2D eigenvalue weighted by Crippen LogP contribution is -2.61. The third kappa shape index (κ3) is 21.0. The lowest BCUT2D eigenvalue weighted by molar-refractivity contribution is -0.143. The number of aliphatic hydroxyl groups excluding tert-OH is 1. The average molecular weight is 991 g/mol. The van der Waals surface area contributed by atoms with Crippen LogP contribution in [0.15, 0.2) is 0 Å². The number of thioether (sulfide) groups is 2. The van der Waals surface area contributed by atoms with Gasteiger partial charge in [-0.1, -0.05) is 27.7 Å². The molecule has 0 saturated carbocycles. The zero-order valence-corrected chi connectivity index (χ0v) is 41.2. The molecule has 1 saturated heterocycles. The van der Waals surface area contributed by atoms with Crippen molar-refractivity contribution in [3.63, 3.8) is 0 Å². The van der Waals surface area contributed by atoms with Gasteiger partial charge in [0.2, 0.25) is 47.3 Å². The summed E-state index contributed by atoms with van der Waals surface area (Å²) in [6.07, 6.45) is 5.11. The van der Waals surface area contributed by atoms with Crippen molar-refractivity contribution in [2.24, 2.45) is 23.3 Å². The van der Waals surface area contributed by atoms with E-state index in [0.717, 1.165) is 0 Å². The van der Waals surface area contributed by atoms with E-state index in [1.165, 1.54) is 35.3 Å². The van der Waals surface area contributed by atoms with Crippen LogP contribution in [0.4, 0.5) is 0 Å². The minimum Gasteiger partial charge on any atom is -0.481 e. The van der Waals surface area contributed by atoms with Gasteiger partial charge in [-0.2, -0.15) is 23.5 Å². The number of carbonyl (C=O) groups is 10. The number of unbranched alkanes of at least 4 members (excludes halogenated alkanes) is 1. The summed E-state index contributed by atoms with van der Waals surface area (Å²) < 4.78 is 0. The Kier molecular flexibility index (Phi) is 28.2. The Morgan fingerprint density at radius 3 is 1.67 bits per heavy atom. The van der Waals surface area contributed by atoms with Crippen LogP contribution in [0.3, 0.4) is 0 Å². The molecular formula is C42H74N10O13S2. The molecule has 9 atom stereocenters. The lowest BCUT2D eigenvalue weighted by Gasteiger charge is -2.32. The Morgan fingerprint density at radius 1 is 0.627 bits per heavy atom. The summed E-state index contributed by atoms with van der Waals surface area (Å²) in [5.74, 6) is -8.58. The molecule has 0 aromatic carbocycles. The smallest absolute Gasteiger partial charge is 0.326 e. The van der Waals surface area contributed by atoms with Crippen LogP contribution in [0, 0.1) is 11.8 Å². The summed E-state index contributed by atoms with van der Waals surface area (Å²) in [7, 11) is 0. The van der Waals surface area contributed by atoms with Crippen molar-refractivity contribution in [3.05, 3.63) is 0 Å². The summed E-state index contributed by atoms with van der Waals surface area (Å²) in [5, 5.41) is 46.5. The number of nitrogens with one attached hydrogen (secondary N) is 7. The van der Waals surface area contributed by atoms with E-state index >= 15 is 0 Å². The summed E-state index contributed by atoms with van der Waals surface area (Å²) >= 11 is 2.78. The first-order valence-corrected chi connectivity index (χ1v) is 25.3. The Bertz CT molecular complexity index is 1690. The number of hydrogen-bond donors (Lipinski definition) is 12. The third-order valence-corrected chi connectivity index (χ3v) is 12.2. The van der Waals surface area contributed by atoms with Crippen LogP contribution in [0.5, 0.6) is 0 Å². The van der Waals surface area contributed by atoms with Gasteiger partial charge in [0.05, 0.1) is 12.6 Å². The van der Waals surface area contributed by atoms with Crippen LogP contribution in [0.25, 0.3) is 0 Å². The fourth-order valence-corrected chi connectivity index (χ4v) is 7.85. The van der Waals surface area contributed by atoms with Crippen molar-refractivity contribution in [1.29, 1.82) is 0 Å². The van der Waals surface area contributed by atoms with Gasteiger partial charge in [0.25, 0.3) is 0 Å². The summed E-state index contributed by atoms with van der Waals surface area (Å²) in [4.78, 5) is 132. The van der Waals surface area contributed by atoms with Gasteiger partial charge in [-0.3, -0.25) is 43.2 Å². The second-order valence-electron chi connectivity index (χ2n) is 17.0. The highest BCUT2D eigenvalue weighted by Crippen LogP contribution is 2.21. The van der Waals surface area contributed by atoms with E-state index in [2.05, 4.69) is 37.2 Å². The second-order valence-corrected chi connectivity index (χ2v) is 19.0. The molecule has 0 aromatic rings. The monoisotopic (exact) mass is 990 g/mol. The molecule has 1 aliphatic heterocycles. The number of amides is 8. The van der Waals surface area contributed by atoms with Crippen molar-refractivity contribution >= 4 is 82.7 Å². The quantitative estimate of drug-likeness (QED) is 0.0313. The molecular weight excluding hydrogens is 917 g/mol. The van der Waals surface area contributed by atoms with Crippen LogP contribution < -0.4 is 48.7 Å². The molecule has 8 amide bonds. The van der Waals surface area contributed by atoms with Crippen LogP contribution >= 0.6 is 23.5 Å². The zero-order valence-electron chi connectivity index (χ0n) is 39.6. The molecule has 0 aliphatic carbocycles. The fourth-order valence-electron chi connectivity index (χ4n) is 6.91. The fraction of sp³-hybridized carbons (Fsp3) is 0.762. The van der Waals surface area contributed by atoms with E-state index in [9.17, 15) is 58.2 Å². The van der Waals surface area contributed by atoms with E-state index < -0.39 is 132 Å². The molecule has 25 heteroatoms. The van der Waals surface area contributed by atoms with Gasteiger partial charge in [-0.15, -0.1) is 0 Å². The maximum atomic E-state index is 14.1. The third-order valence-electron chi connectivity index (χ3n) is 10.9. The number of nitrogens with two attached hydrogens (primary N) is 2. The molecule has 1 heterocycles. The standard InChI is InChI=1S/C42H74N10O13S2/c1-22(2)32(50-35(57)25(44)13-14-31(54)55)39(61)47-27(16-20-67-7)41(63)52-18-10-12-30(52)38(60)51-33(23(3)4)40(62)49-29(21-53)37(59)46-26(15-19-66-6)36(58)45-24(5)34(56)48-28(42(64)65)11-8-9-17-43/h22-30,32-33,53H,8-21,43-44H2,1-7H3,(H,45,58)(H,46,59)(H,47,61)(H,48,56)(H,49,62)(H,50,57)(H,51,60)(H,54,55)(H,64,65)/t24-,25-,26-,27-,28-,29-,30-,32-,33-/m0/s1. The Labute approximate surface area is 400 Å². The van der Waals surface area contributed by atoms with Crippen molar-refractivity contribution in [1.82, 2.24) is 42.1 Å². The van der Waals surface area contributed by atoms with Crippen LogP contribution in [-0.4, -0.2) is 178 Å². The van der Waals surface area contributed by atoms with Crippen molar-refractivity contribution in [2.75, 3.05) is 43.7 Å².